The van der Waals surface area contributed by atoms with E-state index in [9.17, 15) is 5.11 Å². The molecule has 0 radical (unpaired) electrons. The normalized spacial score (nSPS) is 18.2. The van der Waals surface area contributed by atoms with Gasteiger partial charge in [-0.2, -0.15) is 0 Å². The Kier molecular flexibility index (Phi) is 6.66. The van der Waals surface area contributed by atoms with E-state index in [1.54, 1.807) is 0 Å². The minimum atomic E-state index is -0.539. The van der Waals surface area contributed by atoms with Crippen LogP contribution in [0.5, 0.6) is 0 Å². The van der Waals surface area contributed by atoms with Crippen molar-refractivity contribution in [2.75, 3.05) is 0 Å². The predicted molar refractivity (Wildman–Crippen MR) is 160 cm³/mol. The topological polar surface area (TPSA) is 105 Å². The van der Waals surface area contributed by atoms with Crippen molar-refractivity contribution in [3.63, 3.8) is 0 Å². The Morgan fingerprint density at radius 2 is 1.85 bits per heavy atom. The van der Waals surface area contributed by atoms with Crippen molar-refractivity contribution < 1.29 is 5.11 Å². The van der Waals surface area contributed by atoms with Crippen molar-refractivity contribution in [2.45, 2.75) is 89.7 Å². The molecule has 41 heavy (non-hydrogen) atoms. The number of H-pyrrole nitrogens is 1. The molecule has 0 unspecified atom stereocenters. The summed E-state index contributed by atoms with van der Waals surface area (Å²) < 4.78 is 2.40. The molecule has 1 fully saturated rings. The Hall–Kier alpha value is -3.91. The van der Waals surface area contributed by atoms with Crippen LogP contribution in [-0.4, -0.2) is 45.9 Å². The lowest BCUT2D eigenvalue weighted by molar-refractivity contribution is -0.00361. The summed E-state index contributed by atoms with van der Waals surface area (Å²) in [6, 6.07) is 17.5. The number of tetrazole rings is 1. The van der Waals surface area contributed by atoms with Crippen molar-refractivity contribution in [3.8, 4) is 22.5 Å². The van der Waals surface area contributed by atoms with Crippen LogP contribution in [0.15, 0.2) is 48.5 Å². The van der Waals surface area contributed by atoms with Gasteiger partial charge in [0.05, 0.1) is 11.6 Å². The van der Waals surface area contributed by atoms with Crippen molar-refractivity contribution >= 4 is 11.2 Å². The smallest absolute Gasteiger partial charge is 0.180 e. The molecule has 210 valence electrons. The highest BCUT2D eigenvalue weighted by atomic mass is 16.3. The standard InChI is InChI=1S/C33H37N7O/c1-3-29-35-30-21(2)19-24(15-18-33(41)16-7-4-8-17-33)34-32(30)40(29)28-14-12-23-20-22(11-13-26(23)28)25-9-5-6-10-27(25)31-36-38-39-37-31/h5-6,9-11,13,19-20,28,41H,3-4,7-8,12,14-18H2,1-2H3,(H,36,37,38,39)/t28-/m0/s1. The number of hydrogen-bond acceptors (Lipinski definition) is 6. The monoisotopic (exact) mass is 547 g/mol. The minimum Gasteiger partial charge on any atom is -0.390 e. The van der Waals surface area contributed by atoms with E-state index in [1.165, 1.54) is 28.7 Å². The Morgan fingerprint density at radius 3 is 2.63 bits per heavy atom. The molecular weight excluding hydrogens is 510 g/mol. The van der Waals surface area contributed by atoms with Crippen molar-refractivity contribution in [2.24, 2.45) is 0 Å². The summed E-state index contributed by atoms with van der Waals surface area (Å²) in [6.07, 6.45) is 9.77. The molecule has 8 nitrogen and oxygen atoms in total. The molecule has 0 spiro atoms. The molecule has 0 amide bonds. The maximum absolute atomic E-state index is 11.1. The van der Waals surface area contributed by atoms with Crippen LogP contribution in [0.4, 0.5) is 0 Å². The molecule has 3 heterocycles. The van der Waals surface area contributed by atoms with Gasteiger partial charge in [0.1, 0.15) is 11.3 Å². The zero-order valence-electron chi connectivity index (χ0n) is 23.9. The molecule has 2 N–H and O–H groups in total. The summed E-state index contributed by atoms with van der Waals surface area (Å²) in [4.78, 5) is 10.3. The number of aliphatic hydroxyl groups is 1. The molecule has 1 atom stereocenters. The van der Waals surface area contributed by atoms with Crippen LogP contribution in [0.25, 0.3) is 33.7 Å². The van der Waals surface area contributed by atoms with E-state index in [0.29, 0.717) is 5.82 Å². The summed E-state index contributed by atoms with van der Waals surface area (Å²) in [5.41, 5.74) is 9.66. The fourth-order valence-corrected chi connectivity index (χ4v) is 7.10. The maximum Gasteiger partial charge on any atom is 0.180 e. The molecule has 0 aliphatic heterocycles. The number of aromatic amines is 1. The minimum absolute atomic E-state index is 0.206. The first kappa shape index (κ1) is 26.0. The van der Waals surface area contributed by atoms with Crippen LogP contribution in [-0.2, 0) is 19.3 Å². The van der Waals surface area contributed by atoms with Gasteiger partial charge in [-0.3, -0.25) is 0 Å². The maximum atomic E-state index is 11.1. The Morgan fingerprint density at radius 1 is 1.02 bits per heavy atom. The van der Waals surface area contributed by atoms with E-state index in [0.717, 1.165) is 91.6 Å². The number of aromatic nitrogens is 7. The van der Waals surface area contributed by atoms with Gasteiger partial charge in [-0.25, -0.2) is 15.1 Å². The first-order valence-electron chi connectivity index (χ1n) is 15.1. The van der Waals surface area contributed by atoms with E-state index in [4.69, 9.17) is 9.97 Å². The van der Waals surface area contributed by atoms with Crippen LogP contribution in [0, 0.1) is 6.92 Å². The Bertz CT molecular complexity index is 1700. The first-order chi connectivity index (χ1) is 20.0. The molecular formula is C33H37N7O. The van der Waals surface area contributed by atoms with E-state index in [2.05, 4.69) is 81.5 Å². The molecule has 2 aliphatic rings. The van der Waals surface area contributed by atoms with E-state index in [-0.39, 0.29) is 6.04 Å². The molecule has 0 saturated heterocycles. The van der Waals surface area contributed by atoms with E-state index < -0.39 is 5.60 Å². The molecule has 2 aromatic carbocycles. The van der Waals surface area contributed by atoms with Crippen molar-refractivity contribution in [1.29, 1.82) is 0 Å². The van der Waals surface area contributed by atoms with Crippen LogP contribution in [0.2, 0.25) is 0 Å². The van der Waals surface area contributed by atoms with Gasteiger partial charge in [-0.05, 0) is 89.8 Å². The SMILES string of the molecule is CCc1nc2c(C)cc(CCC3(O)CCCCC3)nc2n1[C@H]1CCc2cc(-c3ccccc3-c3nnn[nH]3)ccc21. The third-order valence-electron chi connectivity index (χ3n) is 9.25. The van der Waals surface area contributed by atoms with Crippen molar-refractivity contribution in [3.05, 3.63) is 76.7 Å². The Balaban J connectivity index is 1.24. The molecule has 8 heteroatoms. The third kappa shape index (κ3) is 4.74. The number of hydrogen-bond donors (Lipinski definition) is 2. The average Bonchev–Trinajstić information content (AvgIpc) is 3.75. The highest BCUT2D eigenvalue weighted by molar-refractivity contribution is 5.81. The van der Waals surface area contributed by atoms with Gasteiger partial charge in [0.2, 0.25) is 0 Å². The summed E-state index contributed by atoms with van der Waals surface area (Å²) in [7, 11) is 0. The molecule has 1 saturated carbocycles. The van der Waals surface area contributed by atoms with Gasteiger partial charge >= 0.3 is 0 Å². The zero-order valence-corrected chi connectivity index (χ0v) is 23.9. The molecule has 5 aromatic rings. The number of aryl methyl sites for hydroxylation is 4. The summed E-state index contributed by atoms with van der Waals surface area (Å²) in [6.45, 7) is 4.33. The zero-order chi connectivity index (χ0) is 28.0. The summed E-state index contributed by atoms with van der Waals surface area (Å²) in [5.74, 6) is 1.76. The second-order valence-corrected chi connectivity index (χ2v) is 11.9. The largest absolute Gasteiger partial charge is 0.390 e. The highest BCUT2D eigenvalue weighted by Gasteiger charge is 2.31. The summed E-state index contributed by atoms with van der Waals surface area (Å²) in [5, 5.41) is 25.7. The van der Waals surface area contributed by atoms with Gasteiger partial charge < -0.3 is 9.67 Å². The molecule has 7 rings (SSSR count). The lowest BCUT2D eigenvalue weighted by atomic mass is 9.81. The average molecular weight is 548 g/mol. The number of fused-ring (bicyclic) bond motifs is 2. The molecule has 2 aliphatic carbocycles. The third-order valence-corrected chi connectivity index (χ3v) is 9.25. The van der Waals surface area contributed by atoms with Gasteiger partial charge in [0.25, 0.3) is 0 Å². The molecule has 0 bridgehead atoms. The van der Waals surface area contributed by atoms with E-state index >= 15 is 0 Å². The fraction of sp³-hybridized carbons (Fsp3) is 0.424. The number of pyridine rings is 1. The predicted octanol–water partition coefficient (Wildman–Crippen LogP) is 6.31. The lowest BCUT2D eigenvalue weighted by Crippen LogP contribution is -2.31. The number of rotatable bonds is 7. The van der Waals surface area contributed by atoms with Crippen LogP contribution in [0.3, 0.4) is 0 Å². The first-order valence-corrected chi connectivity index (χ1v) is 15.1. The fourth-order valence-electron chi connectivity index (χ4n) is 7.10. The van der Waals surface area contributed by atoms with Crippen LogP contribution < -0.4 is 0 Å². The lowest BCUT2D eigenvalue weighted by Gasteiger charge is -2.32. The second-order valence-electron chi connectivity index (χ2n) is 11.9. The quantitative estimate of drug-likeness (QED) is 0.247. The summed E-state index contributed by atoms with van der Waals surface area (Å²) >= 11 is 0. The van der Waals surface area contributed by atoms with Gasteiger partial charge in [0.15, 0.2) is 11.5 Å². The van der Waals surface area contributed by atoms with Crippen LogP contribution in [0.1, 0.15) is 86.1 Å². The number of benzene rings is 2. The highest BCUT2D eigenvalue weighted by Crippen LogP contribution is 2.41. The van der Waals surface area contributed by atoms with E-state index in [1.807, 2.05) is 6.07 Å². The number of imidazole rings is 1. The van der Waals surface area contributed by atoms with Gasteiger partial charge in [-0.15, -0.1) is 5.10 Å². The van der Waals surface area contributed by atoms with Gasteiger partial charge in [0, 0.05) is 17.7 Å². The number of nitrogens with one attached hydrogen (secondary N) is 1. The van der Waals surface area contributed by atoms with Crippen molar-refractivity contribution in [1.82, 2.24) is 35.2 Å². The van der Waals surface area contributed by atoms with Gasteiger partial charge in [-0.1, -0.05) is 68.7 Å². The molecule has 3 aromatic heterocycles. The Labute approximate surface area is 240 Å². The second kappa shape index (κ2) is 10.5. The number of nitrogens with zero attached hydrogens (tertiary/aromatic N) is 6. The van der Waals surface area contributed by atoms with Crippen LogP contribution >= 0.6 is 0 Å².